The van der Waals surface area contributed by atoms with Gasteiger partial charge < -0.3 is 10.3 Å². The summed E-state index contributed by atoms with van der Waals surface area (Å²) in [5.74, 6) is 0.286. The van der Waals surface area contributed by atoms with Gasteiger partial charge >= 0.3 is 0 Å². The number of benzene rings is 1. The lowest BCUT2D eigenvalue weighted by Crippen LogP contribution is -2.51. The van der Waals surface area contributed by atoms with Crippen molar-refractivity contribution in [3.05, 3.63) is 40.9 Å². The number of rotatable bonds is 5. The SMILES string of the molecule is CC(C)(C)NC(=O)CN1CCN(Cc2cnc(-c3cc(F)cc(Cl)c3)[nH]2)CC1. The smallest absolute Gasteiger partial charge is 0.234 e. The highest BCUT2D eigenvalue weighted by Crippen LogP contribution is 2.22. The van der Waals surface area contributed by atoms with Crippen molar-refractivity contribution in [1.29, 1.82) is 0 Å². The number of nitrogens with one attached hydrogen (secondary N) is 2. The van der Waals surface area contributed by atoms with Gasteiger partial charge in [-0.2, -0.15) is 0 Å². The molecule has 6 nitrogen and oxygen atoms in total. The maximum absolute atomic E-state index is 13.5. The van der Waals surface area contributed by atoms with Gasteiger partial charge in [0.2, 0.25) is 5.91 Å². The minimum atomic E-state index is -0.382. The first-order valence-corrected chi connectivity index (χ1v) is 9.82. The molecule has 28 heavy (non-hydrogen) atoms. The summed E-state index contributed by atoms with van der Waals surface area (Å²) in [6.07, 6.45) is 1.78. The molecule has 1 aliphatic heterocycles. The van der Waals surface area contributed by atoms with E-state index in [1.807, 2.05) is 20.8 Å². The minimum absolute atomic E-state index is 0.0629. The van der Waals surface area contributed by atoms with Crippen molar-refractivity contribution in [2.45, 2.75) is 32.9 Å². The van der Waals surface area contributed by atoms with Gasteiger partial charge in [0.1, 0.15) is 11.6 Å². The van der Waals surface area contributed by atoms with Crippen LogP contribution in [0.4, 0.5) is 4.39 Å². The van der Waals surface area contributed by atoms with E-state index >= 15 is 0 Å². The van der Waals surface area contributed by atoms with Crippen molar-refractivity contribution in [2.75, 3.05) is 32.7 Å². The molecule has 0 radical (unpaired) electrons. The second kappa shape index (κ2) is 8.59. The van der Waals surface area contributed by atoms with Crippen molar-refractivity contribution >= 4 is 17.5 Å². The van der Waals surface area contributed by atoms with Crippen LogP contribution in [0.1, 0.15) is 26.5 Å². The van der Waals surface area contributed by atoms with E-state index in [2.05, 4.69) is 25.1 Å². The van der Waals surface area contributed by atoms with Gasteiger partial charge in [0.25, 0.3) is 0 Å². The lowest BCUT2D eigenvalue weighted by Gasteiger charge is -2.34. The van der Waals surface area contributed by atoms with E-state index in [1.165, 1.54) is 12.1 Å². The predicted molar refractivity (Wildman–Crippen MR) is 109 cm³/mol. The van der Waals surface area contributed by atoms with Gasteiger partial charge in [0, 0.05) is 60.7 Å². The summed E-state index contributed by atoms with van der Waals surface area (Å²) in [7, 11) is 0. The van der Waals surface area contributed by atoms with E-state index in [-0.39, 0.29) is 17.3 Å². The lowest BCUT2D eigenvalue weighted by atomic mass is 10.1. The van der Waals surface area contributed by atoms with E-state index in [0.29, 0.717) is 23.0 Å². The fourth-order valence-corrected chi connectivity index (χ4v) is 3.51. The third-order valence-corrected chi connectivity index (χ3v) is 4.72. The summed E-state index contributed by atoms with van der Waals surface area (Å²) >= 11 is 5.92. The molecule has 0 aliphatic carbocycles. The number of carbonyl (C=O) groups is 1. The van der Waals surface area contributed by atoms with Crippen molar-refractivity contribution in [2.24, 2.45) is 0 Å². The molecular formula is C20H27ClFN5O. The molecule has 0 atom stereocenters. The quantitative estimate of drug-likeness (QED) is 0.799. The molecule has 0 saturated carbocycles. The second-order valence-corrected chi connectivity index (χ2v) is 8.70. The third-order valence-electron chi connectivity index (χ3n) is 4.50. The number of aromatic nitrogens is 2. The van der Waals surface area contributed by atoms with Crippen molar-refractivity contribution in [3.8, 4) is 11.4 Å². The van der Waals surface area contributed by atoms with Crippen LogP contribution in [0.2, 0.25) is 5.02 Å². The van der Waals surface area contributed by atoms with Crippen LogP contribution >= 0.6 is 11.6 Å². The van der Waals surface area contributed by atoms with Gasteiger partial charge in [-0.25, -0.2) is 9.37 Å². The molecule has 1 aliphatic rings. The Labute approximate surface area is 170 Å². The van der Waals surface area contributed by atoms with E-state index in [9.17, 15) is 9.18 Å². The van der Waals surface area contributed by atoms with Gasteiger partial charge in [-0.1, -0.05) is 11.6 Å². The van der Waals surface area contributed by atoms with Crippen molar-refractivity contribution in [3.63, 3.8) is 0 Å². The Bertz CT molecular complexity index is 804. The van der Waals surface area contributed by atoms with E-state index in [0.717, 1.165) is 38.4 Å². The first kappa shape index (κ1) is 20.8. The molecule has 0 bridgehead atoms. The van der Waals surface area contributed by atoms with Crippen LogP contribution < -0.4 is 5.32 Å². The van der Waals surface area contributed by atoms with Crippen LogP contribution in [0.3, 0.4) is 0 Å². The molecule has 1 aromatic carbocycles. The zero-order valence-corrected chi connectivity index (χ0v) is 17.3. The van der Waals surface area contributed by atoms with Crippen molar-refractivity contribution < 1.29 is 9.18 Å². The molecule has 2 heterocycles. The Kier molecular flexibility index (Phi) is 6.37. The maximum Gasteiger partial charge on any atom is 0.234 e. The van der Waals surface area contributed by atoms with E-state index in [1.54, 1.807) is 12.3 Å². The number of hydrogen-bond acceptors (Lipinski definition) is 4. The largest absolute Gasteiger partial charge is 0.350 e. The van der Waals surface area contributed by atoms with E-state index in [4.69, 9.17) is 11.6 Å². The Hall–Kier alpha value is -1.96. The van der Waals surface area contributed by atoms with Crippen LogP contribution in [-0.2, 0) is 11.3 Å². The zero-order valence-electron chi connectivity index (χ0n) is 16.6. The number of amides is 1. The molecule has 1 amide bonds. The number of imidazole rings is 1. The maximum atomic E-state index is 13.5. The first-order valence-electron chi connectivity index (χ1n) is 9.44. The zero-order chi connectivity index (χ0) is 20.3. The Morgan fingerprint density at radius 1 is 1.21 bits per heavy atom. The minimum Gasteiger partial charge on any atom is -0.350 e. The number of nitrogens with zero attached hydrogens (tertiary/aromatic N) is 3. The van der Waals surface area contributed by atoms with E-state index < -0.39 is 0 Å². The Morgan fingerprint density at radius 2 is 1.89 bits per heavy atom. The van der Waals surface area contributed by atoms with Crippen LogP contribution in [0, 0.1) is 5.82 Å². The lowest BCUT2D eigenvalue weighted by molar-refractivity contribution is -0.124. The summed E-state index contributed by atoms with van der Waals surface area (Å²) in [5, 5.41) is 3.35. The first-order chi connectivity index (χ1) is 13.2. The summed E-state index contributed by atoms with van der Waals surface area (Å²) in [6, 6.07) is 4.38. The number of carbonyl (C=O) groups excluding carboxylic acids is 1. The number of H-pyrrole nitrogens is 1. The topological polar surface area (TPSA) is 64.3 Å². The third kappa shape index (κ3) is 6.02. The summed E-state index contributed by atoms with van der Waals surface area (Å²) in [5.41, 5.74) is 1.39. The fourth-order valence-electron chi connectivity index (χ4n) is 3.28. The Morgan fingerprint density at radius 3 is 2.54 bits per heavy atom. The molecule has 152 valence electrons. The van der Waals surface area contributed by atoms with Crippen molar-refractivity contribution in [1.82, 2.24) is 25.1 Å². The molecule has 3 rings (SSSR count). The molecule has 1 fully saturated rings. The molecule has 1 aromatic heterocycles. The second-order valence-electron chi connectivity index (χ2n) is 8.27. The molecular weight excluding hydrogens is 381 g/mol. The molecule has 2 N–H and O–H groups in total. The average Bonchev–Trinajstić information content (AvgIpc) is 3.02. The van der Waals surface area contributed by atoms with Gasteiger partial charge in [-0.15, -0.1) is 0 Å². The standard InChI is InChI=1S/C20H27ClFN5O/c1-20(2,3)25-18(28)13-27-6-4-26(5-7-27)12-17-11-23-19(24-17)14-8-15(21)10-16(22)9-14/h8-11H,4-7,12-13H2,1-3H3,(H,23,24)(H,25,28). The molecule has 0 spiro atoms. The average molecular weight is 408 g/mol. The summed E-state index contributed by atoms with van der Waals surface area (Å²) < 4.78 is 13.5. The molecule has 8 heteroatoms. The number of halogens is 2. The highest BCUT2D eigenvalue weighted by atomic mass is 35.5. The highest BCUT2D eigenvalue weighted by molar-refractivity contribution is 6.30. The summed E-state index contributed by atoms with van der Waals surface area (Å²) in [6.45, 7) is 10.6. The normalized spacial score (nSPS) is 16.3. The summed E-state index contributed by atoms with van der Waals surface area (Å²) in [4.78, 5) is 24.2. The molecule has 0 unspecified atom stereocenters. The number of piperazine rings is 1. The number of aromatic amines is 1. The van der Waals surface area contributed by atoms with Gasteiger partial charge in [-0.3, -0.25) is 14.6 Å². The van der Waals surface area contributed by atoms with Crippen LogP contribution in [0.5, 0.6) is 0 Å². The fraction of sp³-hybridized carbons (Fsp3) is 0.500. The van der Waals surface area contributed by atoms with Gasteiger partial charge in [0.05, 0.1) is 6.54 Å². The van der Waals surface area contributed by atoms with Crippen LogP contribution in [-0.4, -0.2) is 63.9 Å². The monoisotopic (exact) mass is 407 g/mol. The number of hydrogen-bond donors (Lipinski definition) is 2. The van der Waals surface area contributed by atoms with Gasteiger partial charge in [0.15, 0.2) is 0 Å². The highest BCUT2D eigenvalue weighted by Gasteiger charge is 2.21. The van der Waals surface area contributed by atoms with Gasteiger partial charge in [-0.05, 0) is 39.0 Å². The van der Waals surface area contributed by atoms with Crippen LogP contribution in [0.15, 0.2) is 24.4 Å². The molecule has 1 saturated heterocycles. The van der Waals surface area contributed by atoms with Crippen LogP contribution in [0.25, 0.3) is 11.4 Å². The predicted octanol–water partition coefficient (Wildman–Crippen LogP) is 2.90. The Balaban J connectivity index is 1.50. The molecule has 2 aromatic rings.